The van der Waals surface area contributed by atoms with Crippen LogP contribution in [-0.4, -0.2) is 43.7 Å². The summed E-state index contributed by atoms with van der Waals surface area (Å²) < 4.78 is 0. The van der Waals surface area contributed by atoms with Crippen LogP contribution in [0.4, 0.5) is 5.69 Å². The summed E-state index contributed by atoms with van der Waals surface area (Å²) in [5, 5.41) is 3.63. The van der Waals surface area contributed by atoms with Gasteiger partial charge in [0.25, 0.3) is 0 Å². The van der Waals surface area contributed by atoms with Crippen LogP contribution in [0.25, 0.3) is 0 Å². The lowest BCUT2D eigenvalue weighted by Crippen LogP contribution is -2.50. The third-order valence-corrected chi connectivity index (χ3v) is 4.52. The number of benzene rings is 2. The number of rotatable bonds is 6. The van der Waals surface area contributed by atoms with E-state index in [0.29, 0.717) is 6.04 Å². The van der Waals surface area contributed by atoms with Crippen LogP contribution in [0.2, 0.25) is 0 Å². The Morgan fingerprint density at radius 1 is 0.870 bits per heavy atom. The molecule has 1 N–H and O–H groups in total. The Kier molecular flexibility index (Phi) is 5.67. The molecule has 2 aromatic carbocycles. The van der Waals surface area contributed by atoms with Gasteiger partial charge in [0, 0.05) is 51.0 Å². The van der Waals surface area contributed by atoms with Gasteiger partial charge in [-0.25, -0.2) is 0 Å². The van der Waals surface area contributed by atoms with Crippen molar-refractivity contribution in [3.8, 4) is 0 Å². The van der Waals surface area contributed by atoms with Crippen LogP contribution >= 0.6 is 0 Å². The van der Waals surface area contributed by atoms with E-state index in [9.17, 15) is 0 Å². The van der Waals surface area contributed by atoms with Crippen LogP contribution < -0.4 is 10.2 Å². The summed E-state index contributed by atoms with van der Waals surface area (Å²) in [7, 11) is 0. The minimum absolute atomic E-state index is 0.512. The molecule has 23 heavy (non-hydrogen) atoms. The lowest BCUT2D eigenvalue weighted by molar-refractivity contribution is 0.233. The average molecular weight is 309 g/mol. The van der Waals surface area contributed by atoms with Crippen molar-refractivity contribution in [1.29, 1.82) is 0 Å². The Labute approximate surface area is 139 Å². The highest BCUT2D eigenvalue weighted by atomic mass is 15.3. The molecule has 1 aliphatic heterocycles. The smallest absolute Gasteiger partial charge is 0.0367 e. The van der Waals surface area contributed by atoms with Gasteiger partial charge in [-0.05, 0) is 24.6 Å². The Hall–Kier alpha value is -1.84. The van der Waals surface area contributed by atoms with Gasteiger partial charge in [0.1, 0.15) is 0 Å². The van der Waals surface area contributed by atoms with E-state index < -0.39 is 0 Å². The van der Waals surface area contributed by atoms with Gasteiger partial charge < -0.3 is 10.2 Å². The molecule has 1 atom stereocenters. The molecule has 1 unspecified atom stereocenters. The number of hydrogen-bond donors (Lipinski definition) is 1. The molecule has 0 saturated carbocycles. The summed E-state index contributed by atoms with van der Waals surface area (Å²) in [5.41, 5.74) is 2.70. The minimum Gasteiger partial charge on any atom is -0.369 e. The first kappa shape index (κ1) is 16.0. The van der Waals surface area contributed by atoms with Crippen LogP contribution in [0, 0.1) is 0 Å². The summed E-state index contributed by atoms with van der Waals surface area (Å²) in [5.74, 6) is 0. The summed E-state index contributed by atoms with van der Waals surface area (Å²) >= 11 is 0. The Bertz CT molecular complexity index is 562. The maximum Gasteiger partial charge on any atom is 0.0367 e. The lowest BCUT2D eigenvalue weighted by atomic mass is 10.2. The molecular weight excluding hydrogens is 282 g/mol. The summed E-state index contributed by atoms with van der Waals surface area (Å²) in [6.45, 7) is 8.89. The molecule has 122 valence electrons. The molecule has 1 fully saturated rings. The van der Waals surface area contributed by atoms with Gasteiger partial charge in [0.2, 0.25) is 0 Å². The van der Waals surface area contributed by atoms with Crippen LogP contribution in [0.15, 0.2) is 60.7 Å². The molecule has 0 aromatic heterocycles. The number of para-hydroxylation sites is 1. The number of anilines is 1. The van der Waals surface area contributed by atoms with E-state index in [-0.39, 0.29) is 0 Å². The SMILES string of the molecule is CC(CN1CCN(c2ccccc2)CC1)NCc1ccccc1. The van der Waals surface area contributed by atoms with Crippen molar-refractivity contribution in [2.75, 3.05) is 37.6 Å². The lowest BCUT2D eigenvalue weighted by Gasteiger charge is -2.37. The van der Waals surface area contributed by atoms with E-state index in [4.69, 9.17) is 0 Å². The zero-order chi connectivity index (χ0) is 15.9. The molecule has 2 aromatic rings. The van der Waals surface area contributed by atoms with Gasteiger partial charge in [-0.15, -0.1) is 0 Å². The van der Waals surface area contributed by atoms with Crippen molar-refractivity contribution in [3.05, 3.63) is 66.2 Å². The molecule has 0 spiro atoms. The normalized spacial score (nSPS) is 17.2. The number of hydrogen-bond acceptors (Lipinski definition) is 3. The first-order valence-electron chi connectivity index (χ1n) is 8.61. The Balaban J connectivity index is 1.40. The third kappa shape index (κ3) is 4.81. The van der Waals surface area contributed by atoms with Crippen molar-refractivity contribution >= 4 is 5.69 Å². The van der Waals surface area contributed by atoms with Crippen LogP contribution in [-0.2, 0) is 6.54 Å². The second kappa shape index (κ2) is 8.14. The Morgan fingerprint density at radius 3 is 2.13 bits per heavy atom. The molecule has 3 heteroatoms. The molecule has 0 aliphatic carbocycles. The predicted molar refractivity (Wildman–Crippen MR) is 97.8 cm³/mol. The van der Waals surface area contributed by atoms with Gasteiger partial charge in [-0.2, -0.15) is 0 Å². The second-order valence-electron chi connectivity index (χ2n) is 6.39. The maximum absolute atomic E-state index is 3.63. The molecule has 1 saturated heterocycles. The summed E-state index contributed by atoms with van der Waals surface area (Å²) in [6, 6.07) is 21.9. The molecular formula is C20H27N3. The molecule has 1 heterocycles. The van der Waals surface area contributed by atoms with Gasteiger partial charge in [-0.1, -0.05) is 48.5 Å². The fourth-order valence-corrected chi connectivity index (χ4v) is 3.17. The van der Waals surface area contributed by atoms with E-state index in [2.05, 4.69) is 82.7 Å². The fourth-order valence-electron chi connectivity index (χ4n) is 3.17. The number of nitrogens with one attached hydrogen (secondary N) is 1. The third-order valence-electron chi connectivity index (χ3n) is 4.52. The van der Waals surface area contributed by atoms with E-state index in [1.807, 2.05) is 0 Å². The molecule has 1 aliphatic rings. The molecule has 3 nitrogen and oxygen atoms in total. The monoisotopic (exact) mass is 309 g/mol. The fraction of sp³-hybridized carbons (Fsp3) is 0.400. The predicted octanol–water partition coefficient (Wildman–Crippen LogP) is 2.99. The quantitative estimate of drug-likeness (QED) is 0.885. The zero-order valence-electron chi connectivity index (χ0n) is 14.0. The van der Waals surface area contributed by atoms with E-state index in [0.717, 1.165) is 39.3 Å². The van der Waals surface area contributed by atoms with Crippen molar-refractivity contribution in [2.45, 2.75) is 19.5 Å². The van der Waals surface area contributed by atoms with Gasteiger partial charge in [-0.3, -0.25) is 4.90 Å². The highest BCUT2D eigenvalue weighted by Crippen LogP contribution is 2.15. The van der Waals surface area contributed by atoms with Gasteiger partial charge >= 0.3 is 0 Å². The van der Waals surface area contributed by atoms with E-state index in [1.165, 1.54) is 11.3 Å². The standard InChI is InChI=1S/C20H27N3/c1-18(21-16-19-8-4-2-5-9-19)17-22-12-14-23(15-13-22)20-10-6-3-7-11-20/h2-11,18,21H,12-17H2,1H3. The van der Waals surface area contributed by atoms with E-state index >= 15 is 0 Å². The zero-order valence-corrected chi connectivity index (χ0v) is 14.0. The maximum atomic E-state index is 3.63. The summed E-state index contributed by atoms with van der Waals surface area (Å²) in [6.07, 6.45) is 0. The van der Waals surface area contributed by atoms with Crippen LogP contribution in [0.5, 0.6) is 0 Å². The van der Waals surface area contributed by atoms with Crippen molar-refractivity contribution < 1.29 is 0 Å². The van der Waals surface area contributed by atoms with Gasteiger partial charge in [0.05, 0.1) is 0 Å². The summed E-state index contributed by atoms with van der Waals surface area (Å²) in [4.78, 5) is 5.06. The van der Waals surface area contributed by atoms with Gasteiger partial charge in [0.15, 0.2) is 0 Å². The van der Waals surface area contributed by atoms with Crippen molar-refractivity contribution in [2.24, 2.45) is 0 Å². The molecule has 0 amide bonds. The molecule has 0 radical (unpaired) electrons. The highest BCUT2D eigenvalue weighted by Gasteiger charge is 2.18. The van der Waals surface area contributed by atoms with E-state index in [1.54, 1.807) is 0 Å². The number of nitrogens with zero attached hydrogens (tertiary/aromatic N) is 2. The minimum atomic E-state index is 0.512. The number of piperazine rings is 1. The van der Waals surface area contributed by atoms with Crippen molar-refractivity contribution in [1.82, 2.24) is 10.2 Å². The molecule has 3 rings (SSSR count). The van der Waals surface area contributed by atoms with Crippen LogP contribution in [0.3, 0.4) is 0 Å². The first-order chi connectivity index (χ1) is 11.3. The largest absolute Gasteiger partial charge is 0.369 e. The first-order valence-corrected chi connectivity index (χ1v) is 8.61. The van der Waals surface area contributed by atoms with Crippen LogP contribution in [0.1, 0.15) is 12.5 Å². The topological polar surface area (TPSA) is 18.5 Å². The van der Waals surface area contributed by atoms with Crippen molar-refractivity contribution in [3.63, 3.8) is 0 Å². The second-order valence-corrected chi connectivity index (χ2v) is 6.39. The highest BCUT2D eigenvalue weighted by molar-refractivity contribution is 5.46. The average Bonchev–Trinajstić information content (AvgIpc) is 2.62. The Morgan fingerprint density at radius 2 is 1.48 bits per heavy atom. The molecule has 0 bridgehead atoms.